The molecule has 0 unspecified atom stereocenters. The fourth-order valence-corrected chi connectivity index (χ4v) is 7.99. The lowest BCUT2D eigenvalue weighted by Crippen LogP contribution is -2.22. The number of fused-ring (bicyclic) bond motifs is 1. The molecule has 1 N–H and O–H groups in total. The van der Waals surface area contributed by atoms with Crippen LogP contribution in [0.1, 0.15) is 5.56 Å². The van der Waals surface area contributed by atoms with E-state index in [2.05, 4.69) is 54.3 Å². The highest BCUT2D eigenvalue weighted by Gasteiger charge is 2.28. The van der Waals surface area contributed by atoms with Crippen molar-refractivity contribution in [2.24, 2.45) is 0 Å². The van der Waals surface area contributed by atoms with Gasteiger partial charge in [-0.1, -0.05) is 51.4 Å². The number of sulfonamides is 1. The largest absolute Gasteiger partial charge is 0.361 e. The van der Waals surface area contributed by atoms with Crippen molar-refractivity contribution >= 4 is 42.9 Å². The first kappa shape index (κ1) is 38.3. The predicted molar refractivity (Wildman–Crippen MR) is 194 cm³/mol. The van der Waals surface area contributed by atoms with Crippen LogP contribution in [-0.2, 0) is 33.0 Å². The van der Waals surface area contributed by atoms with E-state index in [1.165, 1.54) is 29.8 Å². The smallest absolute Gasteiger partial charge is 0.263 e. The van der Waals surface area contributed by atoms with Crippen LogP contribution < -0.4 is 4.72 Å². The molecule has 274 valence electrons. The summed E-state index contributed by atoms with van der Waals surface area (Å²) in [5.74, 6) is -5.06. The predicted octanol–water partition coefficient (Wildman–Crippen LogP) is 8.25. The van der Waals surface area contributed by atoms with E-state index in [1.807, 2.05) is 4.72 Å². The van der Waals surface area contributed by atoms with Gasteiger partial charge in [-0.05, 0) is 42.8 Å². The maximum absolute atomic E-state index is 16.7. The number of pyridine rings is 1. The number of imidazole rings is 1. The van der Waals surface area contributed by atoms with Crippen LogP contribution in [0.2, 0.25) is 51.4 Å². The maximum atomic E-state index is 16.7. The number of aryl methyl sites for hydroxylation is 1. The number of hydrogen-bond donors (Lipinski definition) is 1. The molecular weight excluding hydrogens is 721 g/mol. The second-order valence-electron chi connectivity index (χ2n) is 14.7. The van der Waals surface area contributed by atoms with Gasteiger partial charge >= 0.3 is 0 Å². The second-order valence-corrected chi connectivity index (χ2v) is 27.6. The van der Waals surface area contributed by atoms with E-state index in [4.69, 9.17) is 9.47 Å². The highest BCUT2D eigenvalue weighted by atomic mass is 32.2. The van der Waals surface area contributed by atoms with Gasteiger partial charge in [-0.3, -0.25) is 4.72 Å². The average Bonchev–Trinajstić information content (AvgIpc) is 3.65. The van der Waals surface area contributed by atoms with Crippen LogP contribution in [0, 0.1) is 30.2 Å². The highest BCUT2D eigenvalue weighted by molar-refractivity contribution is 7.92. The van der Waals surface area contributed by atoms with Crippen LogP contribution >= 0.6 is 0 Å². The van der Waals surface area contributed by atoms with E-state index in [1.54, 1.807) is 17.0 Å². The lowest BCUT2D eigenvalue weighted by molar-refractivity contribution is 0.0812. The van der Waals surface area contributed by atoms with Crippen LogP contribution in [0.5, 0.6) is 0 Å². The number of rotatable bonds is 15. The van der Waals surface area contributed by atoms with Crippen LogP contribution in [0.4, 0.5) is 23.4 Å². The maximum Gasteiger partial charge on any atom is 0.263 e. The molecule has 0 atom stereocenters. The molecule has 5 rings (SSSR count). The molecule has 3 aromatic heterocycles. The monoisotopic (exact) mass is 762 g/mol. The summed E-state index contributed by atoms with van der Waals surface area (Å²) >= 11 is 0. The molecule has 0 saturated heterocycles. The summed E-state index contributed by atoms with van der Waals surface area (Å²) in [5, 5.41) is 4.96. The lowest BCUT2D eigenvalue weighted by atomic mass is 10.0. The number of aromatic nitrogens is 5. The van der Waals surface area contributed by atoms with Crippen molar-refractivity contribution in [2.45, 2.75) is 76.7 Å². The Labute approximate surface area is 296 Å². The molecule has 10 nitrogen and oxygen atoms in total. The third-order valence-electron chi connectivity index (χ3n) is 8.13. The molecule has 51 heavy (non-hydrogen) atoms. The highest BCUT2D eigenvalue weighted by Crippen LogP contribution is 2.38. The van der Waals surface area contributed by atoms with Crippen LogP contribution in [-0.4, -0.2) is 62.1 Å². The molecule has 0 bridgehead atoms. The SMILES string of the molecule is Cc1ccc(F)cc1S(=O)(=O)Nc1ncc(F)c(-c2ccc3c(-c4nccn4COCC[Si](C)(C)C)nn(COCC[Si](C)(C)C)c3c2F)c1F. The first-order valence-electron chi connectivity index (χ1n) is 16.4. The molecule has 0 amide bonds. The number of anilines is 1. The van der Waals surface area contributed by atoms with Gasteiger partial charge in [0.2, 0.25) is 0 Å². The third-order valence-corrected chi connectivity index (χ3v) is 13.0. The molecule has 0 spiro atoms. The molecule has 3 heterocycles. The van der Waals surface area contributed by atoms with Crippen molar-refractivity contribution in [3.8, 4) is 22.6 Å². The first-order valence-corrected chi connectivity index (χ1v) is 25.3. The molecule has 0 saturated carbocycles. The van der Waals surface area contributed by atoms with Crippen LogP contribution in [0.25, 0.3) is 33.5 Å². The Morgan fingerprint density at radius 2 is 1.53 bits per heavy atom. The zero-order valence-electron chi connectivity index (χ0n) is 29.7. The van der Waals surface area contributed by atoms with Crippen molar-refractivity contribution in [2.75, 3.05) is 17.9 Å². The van der Waals surface area contributed by atoms with E-state index in [9.17, 15) is 12.8 Å². The number of ether oxygens (including phenoxy) is 2. The first-order chi connectivity index (χ1) is 23.9. The summed E-state index contributed by atoms with van der Waals surface area (Å²) in [4.78, 5) is 7.59. The number of hydrogen-bond acceptors (Lipinski definition) is 7. The lowest BCUT2D eigenvalue weighted by Gasteiger charge is -2.16. The Morgan fingerprint density at radius 1 is 0.863 bits per heavy atom. The Balaban J connectivity index is 1.57. The van der Waals surface area contributed by atoms with E-state index >= 15 is 13.2 Å². The summed E-state index contributed by atoms with van der Waals surface area (Å²) < 4.78 is 105. The van der Waals surface area contributed by atoms with Gasteiger partial charge in [0, 0.05) is 52.7 Å². The fourth-order valence-electron chi connectivity index (χ4n) is 5.21. The Hall–Kier alpha value is -3.91. The molecule has 2 aromatic carbocycles. The molecule has 0 fully saturated rings. The molecule has 0 aliphatic rings. The van der Waals surface area contributed by atoms with Crippen molar-refractivity contribution < 1.29 is 35.5 Å². The summed E-state index contributed by atoms with van der Waals surface area (Å²) in [6, 6.07) is 7.55. The molecule has 17 heteroatoms. The zero-order chi connectivity index (χ0) is 37.3. The van der Waals surface area contributed by atoms with E-state index < -0.39 is 71.3 Å². The van der Waals surface area contributed by atoms with Gasteiger partial charge in [-0.2, -0.15) is 5.10 Å². The standard InChI is InChI=1S/C34H42F4N6O4SSi2/c1-22-8-9-23(35)18-27(22)49(45,46)42-33-30(38)28(26(36)19-40-33)24-10-11-25-31(34-39-12-13-43(34)20-47-14-16-50(2,3)4)41-44(32(25)29(24)37)21-48-15-17-51(5,6)7/h8-13,18-19H,14-17,20-21H2,1-7H3,(H,40,42). The van der Waals surface area contributed by atoms with Gasteiger partial charge < -0.3 is 14.0 Å². The van der Waals surface area contributed by atoms with Crippen molar-refractivity contribution in [3.05, 3.63) is 77.8 Å². The van der Waals surface area contributed by atoms with Crippen LogP contribution in [0.15, 0.2) is 53.8 Å². The Morgan fingerprint density at radius 3 is 2.20 bits per heavy atom. The second kappa shape index (κ2) is 15.0. The minimum absolute atomic E-state index is 0.0992. The number of nitrogens with zero attached hydrogens (tertiary/aromatic N) is 5. The van der Waals surface area contributed by atoms with Gasteiger partial charge in [0.25, 0.3) is 10.0 Å². The quantitative estimate of drug-likeness (QED) is 0.0650. The summed E-state index contributed by atoms with van der Waals surface area (Å²) in [6.07, 6.45) is 3.88. The van der Waals surface area contributed by atoms with Crippen LogP contribution in [0.3, 0.4) is 0 Å². The minimum atomic E-state index is -4.57. The molecule has 0 aliphatic carbocycles. The Bertz CT molecular complexity index is 2160. The molecule has 0 aliphatic heterocycles. The summed E-state index contributed by atoms with van der Waals surface area (Å²) in [5.41, 5.74) is -0.979. The van der Waals surface area contributed by atoms with Gasteiger partial charge in [-0.15, -0.1) is 0 Å². The zero-order valence-corrected chi connectivity index (χ0v) is 32.5. The Kier molecular flexibility index (Phi) is 11.3. The minimum Gasteiger partial charge on any atom is -0.361 e. The van der Waals surface area contributed by atoms with E-state index in [0.29, 0.717) is 36.3 Å². The normalized spacial score (nSPS) is 12.6. The average molecular weight is 763 g/mol. The van der Waals surface area contributed by atoms with Gasteiger partial charge in [-0.25, -0.2) is 40.6 Å². The number of nitrogens with one attached hydrogen (secondary N) is 1. The van der Waals surface area contributed by atoms with Crippen molar-refractivity contribution in [3.63, 3.8) is 0 Å². The van der Waals surface area contributed by atoms with E-state index in [0.717, 1.165) is 24.2 Å². The molecule has 0 radical (unpaired) electrons. The van der Waals surface area contributed by atoms with Gasteiger partial charge in [0.15, 0.2) is 29.1 Å². The van der Waals surface area contributed by atoms with E-state index in [-0.39, 0.29) is 24.5 Å². The number of halogens is 4. The van der Waals surface area contributed by atoms with Crippen molar-refractivity contribution in [1.82, 2.24) is 24.3 Å². The van der Waals surface area contributed by atoms with Crippen molar-refractivity contribution in [1.29, 1.82) is 0 Å². The topological polar surface area (TPSA) is 113 Å². The summed E-state index contributed by atoms with van der Waals surface area (Å²) in [6.45, 7) is 15.8. The van der Waals surface area contributed by atoms with Gasteiger partial charge in [0.05, 0.1) is 16.7 Å². The van der Waals surface area contributed by atoms with Gasteiger partial charge in [0.1, 0.15) is 30.5 Å². The molecule has 5 aromatic rings. The number of benzene rings is 2. The third kappa shape index (κ3) is 8.95. The summed E-state index contributed by atoms with van der Waals surface area (Å²) in [7, 11) is -7.36. The molecular formula is C34H42F4N6O4SSi2. The fraction of sp³-hybridized carbons (Fsp3) is 0.382.